The van der Waals surface area contributed by atoms with Crippen LogP contribution in [-0.2, 0) is 4.74 Å². The Balaban J connectivity index is 1.56. The Bertz CT molecular complexity index is 933. The Labute approximate surface area is 175 Å². The molecule has 0 radical (unpaired) electrons. The Morgan fingerprint density at radius 3 is 2.30 bits per heavy atom. The van der Waals surface area contributed by atoms with E-state index >= 15 is 0 Å². The van der Waals surface area contributed by atoms with Crippen molar-refractivity contribution in [2.75, 3.05) is 30.8 Å². The highest BCUT2D eigenvalue weighted by Gasteiger charge is 2.36. The molecule has 1 saturated heterocycles. The molecule has 9 nitrogen and oxygen atoms in total. The third-order valence-corrected chi connectivity index (χ3v) is 4.74. The summed E-state index contributed by atoms with van der Waals surface area (Å²) < 4.78 is 11.1. The van der Waals surface area contributed by atoms with Crippen LogP contribution in [0, 0.1) is 10.1 Å². The van der Waals surface area contributed by atoms with Crippen molar-refractivity contribution < 1.29 is 19.2 Å². The van der Waals surface area contributed by atoms with Crippen molar-refractivity contribution in [3.05, 3.63) is 52.6 Å². The molecule has 0 aliphatic carbocycles. The summed E-state index contributed by atoms with van der Waals surface area (Å²) >= 11 is 0. The molecule has 9 heteroatoms. The zero-order valence-electron chi connectivity index (χ0n) is 17.5. The smallest absolute Gasteiger partial charge is 0.410 e. The highest BCUT2D eigenvalue weighted by Crippen LogP contribution is 2.31. The molecule has 1 heterocycles. The Morgan fingerprint density at radius 1 is 1.17 bits per heavy atom. The topological polar surface area (TPSA) is 111 Å². The number of likely N-dealkylation sites (tertiary alicyclic amines) is 1. The first kappa shape index (κ1) is 21.2. The monoisotopic (exact) mass is 414 g/mol. The predicted octanol–water partition coefficient (Wildman–Crippen LogP) is 4.02. The highest BCUT2D eigenvalue weighted by atomic mass is 16.6. The van der Waals surface area contributed by atoms with Crippen LogP contribution in [0.2, 0.25) is 0 Å². The maximum atomic E-state index is 12.1. The summed E-state index contributed by atoms with van der Waals surface area (Å²) in [6.45, 7) is 6.76. The predicted molar refractivity (Wildman–Crippen MR) is 114 cm³/mol. The zero-order chi connectivity index (χ0) is 22.1. The third kappa shape index (κ3) is 4.91. The Kier molecular flexibility index (Phi) is 5.73. The van der Waals surface area contributed by atoms with Crippen molar-refractivity contribution in [1.29, 1.82) is 0 Å². The number of likely N-dealkylation sites (N-methyl/N-ethyl adjacent to an activating group) is 1. The van der Waals surface area contributed by atoms with Crippen molar-refractivity contribution in [3.63, 3.8) is 0 Å². The summed E-state index contributed by atoms with van der Waals surface area (Å²) in [7, 11) is 1.98. The molecule has 1 aliphatic rings. The van der Waals surface area contributed by atoms with E-state index in [-0.39, 0.29) is 23.5 Å². The number of nitro groups is 1. The van der Waals surface area contributed by atoms with Crippen LogP contribution in [0.25, 0.3) is 0 Å². The second-order valence-corrected chi connectivity index (χ2v) is 8.22. The van der Waals surface area contributed by atoms with Crippen LogP contribution in [0.1, 0.15) is 20.8 Å². The first-order chi connectivity index (χ1) is 14.0. The molecular weight excluding hydrogens is 388 g/mol. The third-order valence-electron chi connectivity index (χ3n) is 4.74. The highest BCUT2D eigenvalue weighted by molar-refractivity contribution is 5.70. The van der Waals surface area contributed by atoms with E-state index in [4.69, 9.17) is 15.2 Å². The van der Waals surface area contributed by atoms with Gasteiger partial charge in [-0.1, -0.05) is 0 Å². The average Bonchev–Trinajstić information content (AvgIpc) is 2.59. The Morgan fingerprint density at radius 2 is 1.77 bits per heavy atom. The molecule has 0 saturated carbocycles. The SMILES string of the molecule is CN(c1ccc(Oc2ccc([N+](=O)[O-])c(N)c2)cc1)C1CN(C(=O)OC(C)(C)C)C1. The molecule has 3 rings (SSSR count). The lowest BCUT2D eigenvalue weighted by Gasteiger charge is -2.44. The number of hydrogen-bond acceptors (Lipinski definition) is 7. The van der Waals surface area contributed by atoms with Gasteiger partial charge in [0, 0.05) is 38.0 Å². The van der Waals surface area contributed by atoms with Gasteiger partial charge in [0.2, 0.25) is 0 Å². The standard InChI is InChI=1S/C21H26N4O5/c1-21(2,3)30-20(26)24-12-15(13-24)23(4)14-5-7-16(8-6-14)29-17-9-10-19(25(27)28)18(22)11-17/h5-11,15H,12-13,22H2,1-4H3. The average molecular weight is 414 g/mol. The van der Waals surface area contributed by atoms with Gasteiger partial charge in [0.25, 0.3) is 5.69 Å². The second kappa shape index (κ2) is 8.10. The van der Waals surface area contributed by atoms with E-state index < -0.39 is 10.5 Å². The molecule has 1 fully saturated rings. The minimum Gasteiger partial charge on any atom is -0.457 e. The molecule has 30 heavy (non-hydrogen) atoms. The number of hydrogen-bond donors (Lipinski definition) is 1. The number of ether oxygens (including phenoxy) is 2. The second-order valence-electron chi connectivity index (χ2n) is 8.22. The van der Waals surface area contributed by atoms with E-state index in [9.17, 15) is 14.9 Å². The van der Waals surface area contributed by atoms with Gasteiger partial charge in [0.05, 0.1) is 11.0 Å². The van der Waals surface area contributed by atoms with Gasteiger partial charge in [-0.25, -0.2) is 4.79 Å². The summed E-state index contributed by atoms with van der Waals surface area (Å²) in [4.78, 5) is 26.2. The van der Waals surface area contributed by atoms with Crippen LogP contribution in [0.3, 0.4) is 0 Å². The van der Waals surface area contributed by atoms with Crippen molar-refractivity contribution in [2.45, 2.75) is 32.4 Å². The summed E-state index contributed by atoms with van der Waals surface area (Å²) in [5.41, 5.74) is 6.08. The number of rotatable bonds is 5. The number of carbonyl (C=O) groups excluding carboxylic acids is 1. The first-order valence-electron chi connectivity index (χ1n) is 9.56. The summed E-state index contributed by atoms with van der Waals surface area (Å²) in [5.74, 6) is 1.01. The number of nitrogens with two attached hydrogens (primary N) is 1. The van der Waals surface area contributed by atoms with E-state index in [1.165, 1.54) is 18.2 Å². The van der Waals surface area contributed by atoms with Crippen molar-refractivity contribution in [2.24, 2.45) is 0 Å². The molecule has 1 amide bonds. The van der Waals surface area contributed by atoms with E-state index in [1.807, 2.05) is 52.1 Å². The summed E-state index contributed by atoms with van der Waals surface area (Å²) in [6.07, 6.45) is -0.293. The fraction of sp³-hybridized carbons (Fsp3) is 0.381. The van der Waals surface area contributed by atoms with E-state index in [0.717, 1.165) is 5.69 Å². The summed E-state index contributed by atoms with van der Waals surface area (Å²) in [6, 6.07) is 11.9. The van der Waals surface area contributed by atoms with Crippen molar-refractivity contribution in [1.82, 2.24) is 4.90 Å². The maximum absolute atomic E-state index is 12.1. The first-order valence-corrected chi connectivity index (χ1v) is 9.56. The van der Waals surface area contributed by atoms with Crippen molar-refractivity contribution >= 4 is 23.2 Å². The van der Waals surface area contributed by atoms with Gasteiger partial charge in [-0.05, 0) is 51.1 Å². The molecule has 0 bridgehead atoms. The van der Waals surface area contributed by atoms with Gasteiger partial charge in [-0.2, -0.15) is 0 Å². The zero-order valence-corrected chi connectivity index (χ0v) is 17.5. The maximum Gasteiger partial charge on any atom is 0.410 e. The van der Waals surface area contributed by atoms with Gasteiger partial charge < -0.3 is 25.0 Å². The largest absolute Gasteiger partial charge is 0.457 e. The number of amides is 1. The lowest BCUT2D eigenvalue weighted by molar-refractivity contribution is -0.383. The number of anilines is 2. The van der Waals surface area contributed by atoms with Crippen LogP contribution in [-0.4, -0.2) is 47.7 Å². The van der Waals surface area contributed by atoms with Gasteiger partial charge in [0.15, 0.2) is 0 Å². The number of nitro benzene ring substituents is 1. The van der Waals surface area contributed by atoms with Gasteiger partial charge >= 0.3 is 6.09 Å². The number of benzene rings is 2. The van der Waals surface area contributed by atoms with E-state index in [0.29, 0.717) is 24.6 Å². The van der Waals surface area contributed by atoms with E-state index in [1.54, 1.807) is 4.90 Å². The van der Waals surface area contributed by atoms with Crippen LogP contribution in [0.5, 0.6) is 11.5 Å². The quantitative estimate of drug-likeness (QED) is 0.447. The van der Waals surface area contributed by atoms with Gasteiger partial charge in [-0.3, -0.25) is 10.1 Å². The molecule has 2 aromatic rings. The van der Waals surface area contributed by atoms with Crippen LogP contribution < -0.4 is 15.4 Å². The van der Waals surface area contributed by atoms with Gasteiger partial charge in [0.1, 0.15) is 22.8 Å². The van der Waals surface area contributed by atoms with Crippen LogP contribution in [0.15, 0.2) is 42.5 Å². The molecule has 0 spiro atoms. The number of nitrogen functional groups attached to an aromatic ring is 1. The molecule has 0 unspecified atom stereocenters. The lowest BCUT2D eigenvalue weighted by Crippen LogP contribution is -2.61. The van der Waals surface area contributed by atoms with Gasteiger partial charge in [-0.15, -0.1) is 0 Å². The molecule has 2 N–H and O–H groups in total. The summed E-state index contributed by atoms with van der Waals surface area (Å²) in [5, 5.41) is 10.8. The molecule has 0 aromatic heterocycles. The lowest BCUT2D eigenvalue weighted by atomic mass is 10.1. The molecule has 160 valence electrons. The fourth-order valence-electron chi connectivity index (χ4n) is 3.03. The van der Waals surface area contributed by atoms with Crippen molar-refractivity contribution in [3.8, 4) is 11.5 Å². The molecule has 1 aliphatic heterocycles. The van der Waals surface area contributed by atoms with Crippen LogP contribution >= 0.6 is 0 Å². The van der Waals surface area contributed by atoms with E-state index in [2.05, 4.69) is 4.90 Å². The Hall–Kier alpha value is -3.49. The molecule has 2 aromatic carbocycles. The minimum atomic E-state index is -0.534. The van der Waals surface area contributed by atoms with Crippen LogP contribution in [0.4, 0.5) is 21.9 Å². The normalized spacial score (nSPS) is 14.1. The fourth-order valence-corrected chi connectivity index (χ4v) is 3.03. The molecule has 0 atom stereocenters. The number of nitrogens with zero attached hydrogens (tertiary/aromatic N) is 3. The minimum absolute atomic E-state index is 0.0494. The number of carbonyl (C=O) groups is 1. The molecular formula is C21H26N4O5.